The summed E-state index contributed by atoms with van der Waals surface area (Å²) >= 11 is 6.64. The molecule has 2 N–H and O–H groups in total. The summed E-state index contributed by atoms with van der Waals surface area (Å²) in [6.45, 7) is 2.18. The topological polar surface area (TPSA) is 57.5 Å². The molecule has 2 rings (SSSR count). The summed E-state index contributed by atoms with van der Waals surface area (Å²) in [5.41, 5.74) is 2.37. The van der Waals surface area contributed by atoms with E-state index in [9.17, 15) is 9.90 Å². The van der Waals surface area contributed by atoms with Crippen molar-refractivity contribution in [1.82, 2.24) is 0 Å². The van der Waals surface area contributed by atoms with E-state index >= 15 is 0 Å². The number of hydrogen-bond donors (Lipinski definition) is 2. The van der Waals surface area contributed by atoms with Crippen LogP contribution < -0.4 is 0 Å². The second-order valence-electron chi connectivity index (χ2n) is 8.39. The van der Waals surface area contributed by atoms with Crippen LogP contribution in [0.15, 0.2) is 24.3 Å². The molecule has 0 spiro atoms. The van der Waals surface area contributed by atoms with Crippen molar-refractivity contribution < 1.29 is 15.0 Å². The lowest BCUT2D eigenvalue weighted by atomic mass is 9.84. The molecule has 1 aliphatic rings. The molecule has 4 heteroatoms. The SMILES string of the molecule is CCCCCC(O)c1ccc(C2CCC(Cl)C2CCCCCCC(=O)O)cc1. The van der Waals surface area contributed by atoms with E-state index in [-0.39, 0.29) is 17.9 Å². The minimum atomic E-state index is -0.699. The number of halogens is 1. The van der Waals surface area contributed by atoms with Gasteiger partial charge in [0.05, 0.1) is 6.10 Å². The number of benzene rings is 1. The molecule has 0 bridgehead atoms. The highest BCUT2D eigenvalue weighted by Crippen LogP contribution is 2.45. The molecule has 28 heavy (non-hydrogen) atoms. The summed E-state index contributed by atoms with van der Waals surface area (Å²) < 4.78 is 0. The zero-order valence-electron chi connectivity index (χ0n) is 17.3. The Kier molecular flexibility index (Phi) is 10.4. The fourth-order valence-corrected chi connectivity index (χ4v) is 4.97. The smallest absolute Gasteiger partial charge is 0.303 e. The van der Waals surface area contributed by atoms with Gasteiger partial charge in [-0.1, -0.05) is 69.7 Å². The molecule has 0 aromatic heterocycles. The predicted octanol–water partition coefficient (Wildman–Crippen LogP) is 6.83. The normalized spacial score (nSPS) is 23.0. The maximum absolute atomic E-state index is 10.6. The van der Waals surface area contributed by atoms with E-state index in [0.29, 0.717) is 11.8 Å². The molecule has 1 aliphatic carbocycles. The molecule has 0 heterocycles. The molecule has 0 aliphatic heterocycles. The third-order valence-corrected chi connectivity index (χ3v) is 6.79. The zero-order valence-corrected chi connectivity index (χ0v) is 18.0. The van der Waals surface area contributed by atoms with E-state index in [1.807, 2.05) is 0 Å². The van der Waals surface area contributed by atoms with Crippen LogP contribution in [0.5, 0.6) is 0 Å². The molecule has 1 saturated carbocycles. The van der Waals surface area contributed by atoms with Gasteiger partial charge in [-0.3, -0.25) is 4.79 Å². The lowest BCUT2D eigenvalue weighted by Crippen LogP contribution is -2.14. The quantitative estimate of drug-likeness (QED) is 0.278. The van der Waals surface area contributed by atoms with Crippen LogP contribution in [-0.4, -0.2) is 21.6 Å². The van der Waals surface area contributed by atoms with Gasteiger partial charge < -0.3 is 10.2 Å². The molecule has 4 atom stereocenters. The maximum atomic E-state index is 10.6. The highest BCUT2D eigenvalue weighted by molar-refractivity contribution is 6.21. The van der Waals surface area contributed by atoms with Crippen molar-refractivity contribution in [3.8, 4) is 0 Å². The Balaban J connectivity index is 1.83. The molecule has 1 aromatic rings. The fourth-order valence-electron chi connectivity index (χ4n) is 4.54. The van der Waals surface area contributed by atoms with Crippen molar-refractivity contribution in [2.45, 2.75) is 101 Å². The summed E-state index contributed by atoms with van der Waals surface area (Å²) in [4.78, 5) is 10.6. The summed E-state index contributed by atoms with van der Waals surface area (Å²) in [5, 5.41) is 19.3. The minimum Gasteiger partial charge on any atom is -0.481 e. The van der Waals surface area contributed by atoms with Gasteiger partial charge in [0.2, 0.25) is 0 Å². The number of unbranched alkanes of at least 4 members (excludes halogenated alkanes) is 5. The number of rotatable bonds is 13. The van der Waals surface area contributed by atoms with Crippen molar-refractivity contribution >= 4 is 17.6 Å². The molecule has 0 saturated heterocycles. The van der Waals surface area contributed by atoms with Crippen molar-refractivity contribution in [3.05, 3.63) is 35.4 Å². The fraction of sp³-hybridized carbons (Fsp3) is 0.708. The molecule has 1 fully saturated rings. The van der Waals surface area contributed by atoms with Crippen LogP contribution in [-0.2, 0) is 4.79 Å². The lowest BCUT2D eigenvalue weighted by molar-refractivity contribution is -0.137. The molecule has 3 nitrogen and oxygen atoms in total. The Morgan fingerprint density at radius 3 is 2.46 bits per heavy atom. The molecule has 0 radical (unpaired) electrons. The first-order valence-electron chi connectivity index (χ1n) is 11.2. The van der Waals surface area contributed by atoms with Crippen LogP contribution in [0, 0.1) is 5.92 Å². The van der Waals surface area contributed by atoms with Crippen LogP contribution in [0.2, 0.25) is 0 Å². The monoisotopic (exact) mass is 408 g/mol. The number of carboxylic acids is 1. The Morgan fingerprint density at radius 2 is 1.79 bits per heavy atom. The summed E-state index contributed by atoms with van der Waals surface area (Å²) in [6, 6.07) is 8.57. The number of aliphatic carboxylic acids is 1. The second-order valence-corrected chi connectivity index (χ2v) is 8.95. The van der Waals surface area contributed by atoms with Crippen molar-refractivity contribution in [2.24, 2.45) is 5.92 Å². The number of hydrogen-bond acceptors (Lipinski definition) is 2. The van der Waals surface area contributed by atoms with Crippen LogP contribution in [0.4, 0.5) is 0 Å². The van der Waals surface area contributed by atoms with Crippen LogP contribution in [0.25, 0.3) is 0 Å². The van der Waals surface area contributed by atoms with Gasteiger partial charge in [0.15, 0.2) is 0 Å². The Bertz CT molecular complexity index is 572. The molecule has 4 unspecified atom stereocenters. The van der Waals surface area contributed by atoms with E-state index in [1.165, 1.54) is 18.4 Å². The average Bonchev–Trinajstić information content (AvgIpc) is 3.05. The van der Waals surface area contributed by atoms with E-state index in [1.54, 1.807) is 0 Å². The van der Waals surface area contributed by atoms with Gasteiger partial charge in [-0.2, -0.15) is 0 Å². The van der Waals surface area contributed by atoms with Gasteiger partial charge in [0, 0.05) is 11.8 Å². The minimum absolute atomic E-state index is 0.239. The molecule has 0 amide bonds. The highest BCUT2D eigenvalue weighted by atomic mass is 35.5. The third kappa shape index (κ3) is 7.40. The van der Waals surface area contributed by atoms with Crippen molar-refractivity contribution in [2.75, 3.05) is 0 Å². The van der Waals surface area contributed by atoms with Crippen LogP contribution in [0.1, 0.15) is 107 Å². The number of alkyl halides is 1. The Hall–Kier alpha value is -1.06. The van der Waals surface area contributed by atoms with Gasteiger partial charge in [-0.05, 0) is 55.1 Å². The van der Waals surface area contributed by atoms with Gasteiger partial charge in [-0.25, -0.2) is 0 Å². The first kappa shape index (κ1) is 23.2. The van der Waals surface area contributed by atoms with E-state index < -0.39 is 5.97 Å². The van der Waals surface area contributed by atoms with E-state index in [4.69, 9.17) is 16.7 Å². The van der Waals surface area contributed by atoms with Crippen LogP contribution in [0.3, 0.4) is 0 Å². The summed E-state index contributed by atoms with van der Waals surface area (Å²) in [7, 11) is 0. The highest BCUT2D eigenvalue weighted by Gasteiger charge is 2.35. The summed E-state index contributed by atoms with van der Waals surface area (Å²) in [6.07, 6.45) is 11.5. The molecule has 158 valence electrons. The van der Waals surface area contributed by atoms with E-state index in [0.717, 1.165) is 63.4 Å². The standard InChI is InChI=1S/C24H37ClO3/c1-2-3-6-10-23(26)19-14-12-18(13-15-19)20-16-17-22(25)21(20)9-7-4-5-8-11-24(27)28/h12-15,20-23,26H,2-11,16-17H2,1H3,(H,27,28). The van der Waals surface area contributed by atoms with Gasteiger partial charge in [0.1, 0.15) is 0 Å². The lowest BCUT2D eigenvalue weighted by Gasteiger charge is -2.23. The number of carbonyl (C=O) groups is 1. The largest absolute Gasteiger partial charge is 0.481 e. The Morgan fingerprint density at radius 1 is 1.07 bits per heavy atom. The van der Waals surface area contributed by atoms with Crippen molar-refractivity contribution in [3.63, 3.8) is 0 Å². The first-order chi connectivity index (χ1) is 13.5. The molecular weight excluding hydrogens is 372 g/mol. The molecular formula is C24H37ClO3. The first-order valence-corrected chi connectivity index (χ1v) is 11.6. The zero-order chi connectivity index (χ0) is 20.4. The number of aliphatic hydroxyl groups is 1. The number of aliphatic hydroxyl groups excluding tert-OH is 1. The van der Waals surface area contributed by atoms with Crippen LogP contribution >= 0.6 is 11.6 Å². The average molecular weight is 409 g/mol. The third-order valence-electron chi connectivity index (χ3n) is 6.24. The molecule has 1 aromatic carbocycles. The van der Waals surface area contributed by atoms with Gasteiger partial charge >= 0.3 is 5.97 Å². The van der Waals surface area contributed by atoms with Crippen molar-refractivity contribution in [1.29, 1.82) is 0 Å². The Labute approximate surface area is 175 Å². The number of carboxylic acid groups (broad SMARTS) is 1. The van der Waals surface area contributed by atoms with E-state index in [2.05, 4.69) is 31.2 Å². The van der Waals surface area contributed by atoms with Gasteiger partial charge in [0.25, 0.3) is 0 Å². The summed E-state index contributed by atoms with van der Waals surface area (Å²) in [5.74, 6) is 0.310. The predicted molar refractivity (Wildman–Crippen MR) is 116 cm³/mol. The maximum Gasteiger partial charge on any atom is 0.303 e. The van der Waals surface area contributed by atoms with Gasteiger partial charge in [-0.15, -0.1) is 11.6 Å². The second kappa shape index (κ2) is 12.5.